The van der Waals surface area contributed by atoms with Crippen LogP contribution in [0.2, 0.25) is 0 Å². The number of carboxylic acids is 1. The van der Waals surface area contributed by atoms with Crippen LogP contribution < -0.4 is 4.90 Å². The summed E-state index contributed by atoms with van der Waals surface area (Å²) in [6.45, 7) is 4.35. The summed E-state index contributed by atoms with van der Waals surface area (Å²) in [5.74, 6) is -0.717. The lowest BCUT2D eigenvalue weighted by molar-refractivity contribution is 0.0690. The number of aliphatic hydroxyl groups is 1. The Morgan fingerprint density at radius 3 is 2.88 bits per heavy atom. The Kier molecular flexibility index (Phi) is 4.41. The average Bonchev–Trinajstić information content (AvgIpc) is 2.29. The Hall–Kier alpha value is -1.95. The van der Waals surface area contributed by atoms with Crippen LogP contribution in [0.1, 0.15) is 10.5 Å². The minimum absolute atomic E-state index is 0.0488. The van der Waals surface area contributed by atoms with E-state index in [-0.39, 0.29) is 12.3 Å². The van der Waals surface area contributed by atoms with E-state index < -0.39 is 5.97 Å². The summed E-state index contributed by atoms with van der Waals surface area (Å²) in [5, 5.41) is 17.6. The summed E-state index contributed by atoms with van der Waals surface area (Å²) in [7, 11) is 0. The van der Waals surface area contributed by atoms with Crippen molar-refractivity contribution in [3.05, 3.63) is 30.7 Å². The van der Waals surface area contributed by atoms with Gasteiger partial charge >= 0.3 is 5.97 Å². The standard InChI is InChI=1S/C10H13N3O3/c1-2-3-13(4-5-14)9-7-11-6-8(12-9)10(15)16/h2,6-7,14H,1,3-5H2,(H,15,16). The maximum atomic E-state index is 10.7. The number of aliphatic hydroxyl groups excluding tert-OH is 1. The molecule has 16 heavy (non-hydrogen) atoms. The van der Waals surface area contributed by atoms with E-state index in [9.17, 15) is 4.79 Å². The molecule has 0 saturated carbocycles. The second kappa shape index (κ2) is 5.82. The number of aromatic carboxylic acids is 1. The summed E-state index contributed by atoms with van der Waals surface area (Å²) < 4.78 is 0. The van der Waals surface area contributed by atoms with Crippen LogP contribution in [0.3, 0.4) is 0 Å². The third kappa shape index (κ3) is 3.03. The molecule has 0 aliphatic rings. The quantitative estimate of drug-likeness (QED) is 0.668. The van der Waals surface area contributed by atoms with Crippen molar-refractivity contribution in [1.82, 2.24) is 9.97 Å². The van der Waals surface area contributed by atoms with E-state index in [0.717, 1.165) is 0 Å². The van der Waals surface area contributed by atoms with Gasteiger partial charge in [0, 0.05) is 13.1 Å². The molecule has 1 aromatic heterocycles. The van der Waals surface area contributed by atoms with Gasteiger partial charge < -0.3 is 15.1 Å². The lowest BCUT2D eigenvalue weighted by atomic mass is 10.4. The smallest absolute Gasteiger partial charge is 0.356 e. The van der Waals surface area contributed by atoms with Crippen molar-refractivity contribution in [2.75, 3.05) is 24.6 Å². The highest BCUT2D eigenvalue weighted by Gasteiger charge is 2.10. The van der Waals surface area contributed by atoms with E-state index in [4.69, 9.17) is 10.2 Å². The van der Waals surface area contributed by atoms with E-state index in [1.807, 2.05) is 0 Å². The zero-order valence-electron chi connectivity index (χ0n) is 8.70. The normalized spacial score (nSPS) is 9.81. The van der Waals surface area contributed by atoms with Crippen molar-refractivity contribution in [2.45, 2.75) is 0 Å². The van der Waals surface area contributed by atoms with Crippen molar-refractivity contribution in [3.63, 3.8) is 0 Å². The van der Waals surface area contributed by atoms with E-state index >= 15 is 0 Å². The number of carboxylic acid groups (broad SMARTS) is 1. The molecule has 0 aliphatic heterocycles. The summed E-state index contributed by atoms with van der Waals surface area (Å²) in [4.78, 5) is 20.1. The van der Waals surface area contributed by atoms with Crippen molar-refractivity contribution in [2.24, 2.45) is 0 Å². The number of hydrogen-bond donors (Lipinski definition) is 2. The molecule has 0 aliphatic carbocycles. The molecule has 6 nitrogen and oxygen atoms in total. The SMILES string of the molecule is C=CCN(CCO)c1cncc(C(=O)O)n1. The van der Waals surface area contributed by atoms with Crippen molar-refractivity contribution < 1.29 is 15.0 Å². The molecule has 0 radical (unpaired) electrons. The van der Waals surface area contributed by atoms with Crippen LogP contribution >= 0.6 is 0 Å². The van der Waals surface area contributed by atoms with Crippen LogP contribution in [0.5, 0.6) is 0 Å². The first kappa shape index (κ1) is 12.1. The zero-order valence-corrected chi connectivity index (χ0v) is 8.70. The Bertz CT molecular complexity index is 381. The minimum atomic E-state index is -1.13. The van der Waals surface area contributed by atoms with E-state index in [2.05, 4.69) is 16.5 Å². The van der Waals surface area contributed by atoms with Gasteiger partial charge in [-0.2, -0.15) is 0 Å². The molecule has 0 bridgehead atoms. The molecule has 1 rings (SSSR count). The molecule has 0 atom stereocenters. The second-order valence-electron chi connectivity index (χ2n) is 3.03. The van der Waals surface area contributed by atoms with Gasteiger partial charge in [0.2, 0.25) is 0 Å². The summed E-state index contributed by atoms with van der Waals surface area (Å²) in [5.41, 5.74) is -0.121. The van der Waals surface area contributed by atoms with Crippen molar-refractivity contribution in [3.8, 4) is 0 Å². The predicted octanol–water partition coefficient (Wildman–Crippen LogP) is 0.159. The number of hydrogen-bond acceptors (Lipinski definition) is 5. The van der Waals surface area contributed by atoms with E-state index in [1.165, 1.54) is 12.4 Å². The van der Waals surface area contributed by atoms with Gasteiger partial charge in [-0.05, 0) is 0 Å². The molecule has 0 amide bonds. The average molecular weight is 223 g/mol. The van der Waals surface area contributed by atoms with Crippen molar-refractivity contribution in [1.29, 1.82) is 0 Å². The van der Waals surface area contributed by atoms with Gasteiger partial charge in [0.15, 0.2) is 5.69 Å². The monoisotopic (exact) mass is 223 g/mol. The number of carbonyl (C=O) groups is 1. The molecule has 1 heterocycles. The van der Waals surface area contributed by atoms with E-state index in [1.54, 1.807) is 11.0 Å². The molecule has 0 unspecified atom stereocenters. The van der Waals surface area contributed by atoms with Gasteiger partial charge in [0.25, 0.3) is 0 Å². The van der Waals surface area contributed by atoms with Gasteiger partial charge in [-0.3, -0.25) is 4.98 Å². The van der Waals surface area contributed by atoms with Gasteiger partial charge in [-0.15, -0.1) is 6.58 Å². The fourth-order valence-electron chi connectivity index (χ4n) is 1.19. The Balaban J connectivity index is 2.94. The summed E-state index contributed by atoms with van der Waals surface area (Å²) in [6, 6.07) is 0. The number of anilines is 1. The molecule has 6 heteroatoms. The molecule has 2 N–H and O–H groups in total. The zero-order chi connectivity index (χ0) is 12.0. The Morgan fingerprint density at radius 2 is 2.31 bits per heavy atom. The van der Waals surface area contributed by atoms with Crippen LogP contribution in [0, 0.1) is 0 Å². The third-order valence-electron chi connectivity index (χ3n) is 1.88. The van der Waals surface area contributed by atoms with Gasteiger partial charge in [0.05, 0.1) is 19.0 Å². The Labute approximate surface area is 92.9 Å². The van der Waals surface area contributed by atoms with E-state index in [0.29, 0.717) is 18.9 Å². The lowest BCUT2D eigenvalue weighted by Gasteiger charge is -2.20. The summed E-state index contributed by atoms with van der Waals surface area (Å²) in [6.07, 6.45) is 4.27. The maximum absolute atomic E-state index is 10.7. The molecule has 86 valence electrons. The minimum Gasteiger partial charge on any atom is -0.476 e. The first-order valence-corrected chi connectivity index (χ1v) is 4.71. The molecule has 0 spiro atoms. The first-order valence-electron chi connectivity index (χ1n) is 4.71. The molecule has 0 aromatic carbocycles. The van der Waals surface area contributed by atoms with Crippen LogP contribution in [0.15, 0.2) is 25.0 Å². The van der Waals surface area contributed by atoms with Crippen molar-refractivity contribution >= 4 is 11.8 Å². The summed E-state index contributed by atoms with van der Waals surface area (Å²) >= 11 is 0. The molecule has 0 fully saturated rings. The van der Waals surface area contributed by atoms with Crippen LogP contribution in [-0.2, 0) is 0 Å². The highest BCUT2D eigenvalue weighted by atomic mass is 16.4. The highest BCUT2D eigenvalue weighted by molar-refractivity contribution is 5.85. The largest absolute Gasteiger partial charge is 0.476 e. The predicted molar refractivity (Wildman–Crippen MR) is 58.5 cm³/mol. The topological polar surface area (TPSA) is 86.5 Å². The van der Waals surface area contributed by atoms with Gasteiger partial charge in [0.1, 0.15) is 5.82 Å². The number of nitrogens with zero attached hydrogens (tertiary/aromatic N) is 3. The fourth-order valence-corrected chi connectivity index (χ4v) is 1.19. The molecular formula is C10H13N3O3. The second-order valence-corrected chi connectivity index (χ2v) is 3.03. The van der Waals surface area contributed by atoms with Gasteiger partial charge in [-0.1, -0.05) is 6.08 Å². The van der Waals surface area contributed by atoms with Crippen LogP contribution in [0.25, 0.3) is 0 Å². The molecular weight excluding hydrogens is 210 g/mol. The van der Waals surface area contributed by atoms with Gasteiger partial charge in [-0.25, -0.2) is 9.78 Å². The first-order chi connectivity index (χ1) is 7.69. The molecule has 0 saturated heterocycles. The number of aromatic nitrogens is 2. The maximum Gasteiger partial charge on any atom is 0.356 e. The Morgan fingerprint density at radius 1 is 1.56 bits per heavy atom. The van der Waals surface area contributed by atoms with Crippen LogP contribution in [-0.4, -0.2) is 45.8 Å². The highest BCUT2D eigenvalue weighted by Crippen LogP contribution is 2.09. The third-order valence-corrected chi connectivity index (χ3v) is 1.88. The fraction of sp³-hybridized carbons (Fsp3) is 0.300. The molecule has 1 aromatic rings. The van der Waals surface area contributed by atoms with Crippen LogP contribution in [0.4, 0.5) is 5.82 Å². The number of rotatable bonds is 6. The lowest BCUT2D eigenvalue weighted by Crippen LogP contribution is -2.28.